The van der Waals surface area contributed by atoms with Crippen molar-refractivity contribution in [3.8, 4) is 22.5 Å². The van der Waals surface area contributed by atoms with Crippen LogP contribution in [0.15, 0.2) is 128 Å². The fourth-order valence-corrected chi connectivity index (χ4v) is 6.16. The maximum Gasteiger partial charge on any atom is 0.0541 e. The van der Waals surface area contributed by atoms with E-state index in [1.807, 2.05) is 6.08 Å². The number of fused-ring (bicyclic) bond motifs is 4. The third kappa shape index (κ3) is 3.72. The van der Waals surface area contributed by atoms with Crippen molar-refractivity contribution >= 4 is 38.8 Å². The number of para-hydroxylation sites is 3. The van der Waals surface area contributed by atoms with E-state index in [-0.39, 0.29) is 0 Å². The van der Waals surface area contributed by atoms with Gasteiger partial charge < -0.3 is 9.13 Å². The molecule has 0 spiro atoms. The fraction of sp³-hybridized carbons (Fsp3) is 0.0811. The average Bonchev–Trinajstić information content (AvgIpc) is 3.49. The summed E-state index contributed by atoms with van der Waals surface area (Å²) in [6.07, 6.45) is 4.11. The van der Waals surface area contributed by atoms with Gasteiger partial charge in [-0.3, -0.25) is 0 Å². The van der Waals surface area contributed by atoms with Gasteiger partial charge in [-0.2, -0.15) is 0 Å². The van der Waals surface area contributed by atoms with Gasteiger partial charge in [0.15, 0.2) is 0 Å². The highest BCUT2D eigenvalue weighted by Crippen LogP contribution is 2.36. The highest BCUT2D eigenvalue weighted by molar-refractivity contribution is 6.10. The first-order chi connectivity index (χ1) is 19.3. The molecule has 0 radical (unpaired) electrons. The predicted molar refractivity (Wildman–Crippen MR) is 167 cm³/mol. The van der Waals surface area contributed by atoms with Crippen LogP contribution in [-0.4, -0.2) is 9.13 Å². The van der Waals surface area contributed by atoms with Gasteiger partial charge in [-0.15, -0.1) is 0 Å². The first kappa shape index (κ1) is 23.3. The maximum absolute atomic E-state index is 4.16. The lowest BCUT2D eigenvalue weighted by atomic mass is 10.0. The minimum Gasteiger partial charge on any atom is -0.313 e. The third-order valence-corrected chi connectivity index (χ3v) is 7.83. The minimum atomic E-state index is 1.01. The molecule has 0 bridgehead atoms. The van der Waals surface area contributed by atoms with Crippen molar-refractivity contribution in [2.75, 3.05) is 0 Å². The van der Waals surface area contributed by atoms with E-state index in [2.05, 4.69) is 144 Å². The van der Waals surface area contributed by atoms with Crippen LogP contribution in [0.5, 0.6) is 0 Å². The second kappa shape index (κ2) is 9.49. The second-order valence-corrected chi connectivity index (χ2v) is 10.1. The highest BCUT2D eigenvalue weighted by Gasteiger charge is 2.17. The molecule has 0 aliphatic heterocycles. The van der Waals surface area contributed by atoms with Gasteiger partial charge in [-0.25, -0.2) is 0 Å². The van der Waals surface area contributed by atoms with E-state index in [1.165, 1.54) is 66.5 Å². The van der Waals surface area contributed by atoms with E-state index < -0.39 is 0 Å². The van der Waals surface area contributed by atoms with E-state index >= 15 is 0 Å². The first-order valence-corrected chi connectivity index (χ1v) is 13.7. The molecule has 2 heterocycles. The lowest BCUT2D eigenvalue weighted by molar-refractivity contribution is 0.851. The van der Waals surface area contributed by atoms with Crippen LogP contribution in [-0.2, 0) is 6.42 Å². The van der Waals surface area contributed by atoms with Gasteiger partial charge in [0.1, 0.15) is 0 Å². The van der Waals surface area contributed by atoms with E-state index in [0.29, 0.717) is 0 Å². The number of hydrogen-bond acceptors (Lipinski definition) is 0. The Morgan fingerprint density at radius 2 is 1.21 bits per heavy atom. The quantitative estimate of drug-likeness (QED) is 0.214. The summed E-state index contributed by atoms with van der Waals surface area (Å²) in [7, 11) is 0. The maximum atomic E-state index is 4.16. The molecule has 0 amide bonds. The fourth-order valence-electron chi connectivity index (χ4n) is 6.16. The number of aromatic nitrogens is 2. The molecule has 188 valence electrons. The molecule has 0 aliphatic carbocycles. The van der Waals surface area contributed by atoms with Gasteiger partial charge in [0.2, 0.25) is 0 Å². The van der Waals surface area contributed by atoms with Crippen LogP contribution in [0.4, 0.5) is 0 Å². The van der Waals surface area contributed by atoms with E-state index in [1.54, 1.807) is 0 Å². The Labute approximate surface area is 229 Å². The van der Waals surface area contributed by atoms with Crippen molar-refractivity contribution in [1.29, 1.82) is 0 Å². The third-order valence-electron chi connectivity index (χ3n) is 7.83. The van der Waals surface area contributed by atoms with Crippen LogP contribution in [0.3, 0.4) is 0 Å². The molecule has 5 aromatic carbocycles. The Morgan fingerprint density at radius 3 is 1.97 bits per heavy atom. The van der Waals surface area contributed by atoms with Crippen LogP contribution in [0.25, 0.3) is 61.3 Å². The largest absolute Gasteiger partial charge is 0.313 e. The first-order valence-electron chi connectivity index (χ1n) is 13.7. The normalized spacial score (nSPS) is 11.5. The second-order valence-electron chi connectivity index (χ2n) is 10.1. The molecule has 2 nitrogen and oxygen atoms in total. The van der Waals surface area contributed by atoms with Gasteiger partial charge in [-0.1, -0.05) is 98.8 Å². The molecule has 7 rings (SSSR count). The molecule has 2 aromatic heterocycles. The SMILES string of the molecule is C=Cc1c(CCC)n(-c2cccc(-c3ccc4c(c3)c3ccccc3n4-c3ccccc3)c2)c2ccccc12. The summed E-state index contributed by atoms with van der Waals surface area (Å²) >= 11 is 0. The van der Waals surface area contributed by atoms with Crippen molar-refractivity contribution in [3.05, 3.63) is 139 Å². The summed E-state index contributed by atoms with van der Waals surface area (Å²) in [6.45, 7) is 6.40. The van der Waals surface area contributed by atoms with Gasteiger partial charge in [-0.05, 0) is 66.1 Å². The summed E-state index contributed by atoms with van der Waals surface area (Å²) < 4.78 is 4.80. The Bertz CT molecular complexity index is 1990. The molecule has 0 atom stereocenters. The number of benzene rings is 5. The van der Waals surface area contributed by atoms with Gasteiger partial charge in [0.05, 0.1) is 16.6 Å². The van der Waals surface area contributed by atoms with Gasteiger partial charge in [0, 0.05) is 38.8 Å². The lowest BCUT2D eigenvalue weighted by Crippen LogP contribution is -2.01. The van der Waals surface area contributed by atoms with Gasteiger partial charge in [0.25, 0.3) is 0 Å². The highest BCUT2D eigenvalue weighted by atomic mass is 15.0. The van der Waals surface area contributed by atoms with Crippen molar-refractivity contribution in [2.24, 2.45) is 0 Å². The Balaban J connectivity index is 1.42. The molecule has 0 fully saturated rings. The molecule has 0 unspecified atom stereocenters. The Hall–Kier alpha value is -4.82. The minimum absolute atomic E-state index is 1.01. The summed E-state index contributed by atoms with van der Waals surface area (Å²) in [4.78, 5) is 0. The molecular formula is C37H30N2. The average molecular weight is 503 g/mol. The van der Waals surface area contributed by atoms with Crippen LogP contribution >= 0.6 is 0 Å². The van der Waals surface area contributed by atoms with Crippen molar-refractivity contribution in [1.82, 2.24) is 9.13 Å². The Morgan fingerprint density at radius 1 is 0.564 bits per heavy atom. The molecule has 7 aromatic rings. The van der Waals surface area contributed by atoms with Crippen molar-refractivity contribution in [3.63, 3.8) is 0 Å². The Kier molecular flexibility index (Phi) is 5.67. The smallest absolute Gasteiger partial charge is 0.0541 e. The molecule has 0 aliphatic rings. The van der Waals surface area contributed by atoms with Crippen LogP contribution in [0.2, 0.25) is 0 Å². The zero-order valence-corrected chi connectivity index (χ0v) is 22.1. The number of nitrogens with zero attached hydrogens (tertiary/aromatic N) is 2. The summed E-state index contributed by atoms with van der Waals surface area (Å²) in [6, 6.07) is 43.8. The van der Waals surface area contributed by atoms with Crippen molar-refractivity contribution < 1.29 is 0 Å². The summed E-state index contributed by atoms with van der Waals surface area (Å²) in [5.74, 6) is 0. The summed E-state index contributed by atoms with van der Waals surface area (Å²) in [5.41, 5.74) is 11.1. The van der Waals surface area contributed by atoms with Crippen LogP contribution < -0.4 is 0 Å². The van der Waals surface area contributed by atoms with E-state index in [4.69, 9.17) is 0 Å². The van der Waals surface area contributed by atoms with Crippen LogP contribution in [0, 0.1) is 0 Å². The predicted octanol–water partition coefficient (Wildman–Crippen LogP) is 9.99. The lowest BCUT2D eigenvalue weighted by Gasteiger charge is -2.13. The number of hydrogen-bond donors (Lipinski definition) is 0. The zero-order chi connectivity index (χ0) is 26.3. The molecule has 2 heteroatoms. The molecule has 0 saturated heterocycles. The van der Waals surface area contributed by atoms with E-state index in [0.717, 1.165) is 12.8 Å². The standard InChI is InChI=1S/C37H30N2/c1-3-13-34-30(4-2)31-18-8-10-20-35(31)39(34)29-17-12-14-26(24-29)27-22-23-37-33(25-27)32-19-9-11-21-36(32)38(37)28-15-6-5-7-16-28/h4-12,14-25H,2-3,13H2,1H3. The molecule has 0 saturated carbocycles. The van der Waals surface area contributed by atoms with Gasteiger partial charge >= 0.3 is 0 Å². The number of rotatable bonds is 6. The molecule has 0 N–H and O–H groups in total. The van der Waals surface area contributed by atoms with E-state index in [9.17, 15) is 0 Å². The topological polar surface area (TPSA) is 9.86 Å². The monoisotopic (exact) mass is 502 g/mol. The molecular weight excluding hydrogens is 472 g/mol. The molecule has 39 heavy (non-hydrogen) atoms. The van der Waals surface area contributed by atoms with Crippen molar-refractivity contribution in [2.45, 2.75) is 19.8 Å². The van der Waals surface area contributed by atoms with Crippen LogP contribution in [0.1, 0.15) is 24.6 Å². The zero-order valence-electron chi connectivity index (χ0n) is 22.1. The summed E-state index contributed by atoms with van der Waals surface area (Å²) in [5, 5.41) is 3.80.